The Bertz CT molecular complexity index is 1400. The maximum atomic E-state index is 14.3. The minimum atomic E-state index is -4.87. The minimum absolute atomic E-state index is 0.0128. The van der Waals surface area contributed by atoms with Crippen molar-refractivity contribution in [2.24, 2.45) is 0 Å². The Hall–Kier alpha value is -3.60. The van der Waals surface area contributed by atoms with Crippen molar-refractivity contribution in [3.8, 4) is 0 Å². The summed E-state index contributed by atoms with van der Waals surface area (Å²) >= 11 is 11.9. The number of pyridine rings is 1. The van der Waals surface area contributed by atoms with Gasteiger partial charge in [-0.05, 0) is 66.6 Å². The summed E-state index contributed by atoms with van der Waals surface area (Å²) in [5, 5.41) is 0.0299. The van der Waals surface area contributed by atoms with Crippen LogP contribution in [0.5, 0.6) is 0 Å². The quantitative estimate of drug-likeness (QED) is 0.383. The molecule has 2 amide bonds. The van der Waals surface area contributed by atoms with Crippen LogP contribution in [0.3, 0.4) is 0 Å². The Morgan fingerprint density at radius 2 is 1.82 bits per heavy atom. The average molecular weight is 566 g/mol. The highest BCUT2D eigenvalue weighted by Gasteiger charge is 2.59. The topological polar surface area (TPSA) is 80.8 Å². The number of hydrogen-bond donors (Lipinski definition) is 1. The van der Waals surface area contributed by atoms with Gasteiger partial charge in [-0.1, -0.05) is 35.3 Å². The van der Waals surface area contributed by atoms with Crippen LogP contribution in [-0.2, 0) is 21.7 Å². The number of hydrogen-bond acceptors (Lipinski definition) is 6. The number of carbonyl (C=O) groups is 2. The first-order chi connectivity index (χ1) is 17.9. The zero-order chi connectivity index (χ0) is 27.7. The Kier molecular flexibility index (Phi) is 7.68. The molecule has 1 aliphatic heterocycles. The molecule has 2 aromatic carbocycles. The molecule has 3 aromatic rings. The van der Waals surface area contributed by atoms with Crippen molar-refractivity contribution in [1.29, 1.82) is 0 Å². The van der Waals surface area contributed by atoms with Crippen molar-refractivity contribution in [3.05, 3.63) is 105 Å². The van der Waals surface area contributed by atoms with Crippen LogP contribution in [-0.4, -0.2) is 35.2 Å². The first kappa shape index (κ1) is 27.4. The van der Waals surface area contributed by atoms with E-state index in [1.165, 1.54) is 30.5 Å². The number of rotatable bonds is 5. The number of amides is 2. The zero-order valence-corrected chi connectivity index (χ0v) is 21.5. The summed E-state index contributed by atoms with van der Waals surface area (Å²) in [7, 11) is 1.15. The number of aryl methyl sites for hydroxylation is 1. The van der Waals surface area contributed by atoms with Crippen molar-refractivity contribution in [3.63, 3.8) is 0 Å². The number of carbonyl (C=O) groups excluding carboxylic acids is 2. The molecule has 0 radical (unpaired) electrons. The van der Waals surface area contributed by atoms with E-state index in [1.54, 1.807) is 25.1 Å². The number of halogens is 5. The monoisotopic (exact) mass is 565 g/mol. The lowest BCUT2D eigenvalue weighted by Crippen LogP contribution is -2.42. The first-order valence-corrected chi connectivity index (χ1v) is 11.8. The Labute approximate surface area is 225 Å². The van der Waals surface area contributed by atoms with Gasteiger partial charge >= 0.3 is 12.3 Å². The van der Waals surface area contributed by atoms with Gasteiger partial charge in [0.25, 0.3) is 5.91 Å². The van der Waals surface area contributed by atoms with Gasteiger partial charge in [0.05, 0.1) is 25.0 Å². The second kappa shape index (κ2) is 10.6. The Balaban J connectivity index is 1.68. The number of aromatic nitrogens is 1. The Morgan fingerprint density at radius 3 is 2.39 bits per heavy atom. The van der Waals surface area contributed by atoms with Gasteiger partial charge in [-0.25, -0.2) is 9.69 Å². The summed E-state index contributed by atoms with van der Waals surface area (Å²) in [4.78, 5) is 35.7. The second-order valence-corrected chi connectivity index (χ2v) is 9.24. The maximum absolute atomic E-state index is 14.3. The molecule has 4 rings (SSSR count). The van der Waals surface area contributed by atoms with Gasteiger partial charge in [0.2, 0.25) is 5.60 Å². The maximum Gasteiger partial charge on any atom is 0.428 e. The van der Waals surface area contributed by atoms with Crippen LogP contribution in [0.1, 0.15) is 32.7 Å². The van der Waals surface area contributed by atoms with E-state index in [2.05, 4.69) is 10.5 Å². The van der Waals surface area contributed by atoms with E-state index in [1.807, 2.05) is 0 Å². The first-order valence-electron chi connectivity index (χ1n) is 11.1. The molecule has 7 nitrogen and oxygen atoms in total. The van der Waals surface area contributed by atoms with Crippen molar-refractivity contribution in [2.45, 2.75) is 25.2 Å². The number of ether oxygens (including phenoxy) is 1. The van der Waals surface area contributed by atoms with Crippen LogP contribution < -0.4 is 5.48 Å². The number of methoxy groups -OCH3 is 1. The van der Waals surface area contributed by atoms with Gasteiger partial charge in [0.15, 0.2) is 0 Å². The lowest BCUT2D eigenvalue weighted by molar-refractivity contribution is -0.269. The van der Waals surface area contributed by atoms with Gasteiger partial charge in [-0.3, -0.25) is 20.1 Å². The fourth-order valence-corrected chi connectivity index (χ4v) is 4.48. The van der Waals surface area contributed by atoms with Crippen molar-refractivity contribution in [2.75, 3.05) is 7.11 Å². The van der Waals surface area contributed by atoms with E-state index < -0.39 is 23.8 Å². The fraction of sp³-hybridized carbons (Fsp3) is 0.192. The molecule has 198 valence electrons. The highest BCUT2D eigenvalue weighted by Crippen LogP contribution is 2.48. The molecule has 1 unspecified atom stereocenters. The molecule has 0 spiro atoms. The molecular formula is C26H20Cl2F3N3O4. The smallest absolute Gasteiger partial charge is 0.428 e. The third-order valence-electron chi connectivity index (χ3n) is 5.84. The molecule has 0 aliphatic carbocycles. The molecule has 38 heavy (non-hydrogen) atoms. The molecule has 0 fully saturated rings. The van der Waals surface area contributed by atoms with Crippen molar-refractivity contribution in [1.82, 2.24) is 15.4 Å². The molecule has 1 atom stereocenters. The summed E-state index contributed by atoms with van der Waals surface area (Å²) in [5.41, 5.74) is 0.518. The molecule has 0 saturated heterocycles. The number of nitrogens with zero attached hydrogens (tertiary/aromatic N) is 2. The molecule has 1 aliphatic rings. The molecular weight excluding hydrogens is 546 g/mol. The summed E-state index contributed by atoms with van der Waals surface area (Å²) in [5.74, 6) is -0.658. The van der Waals surface area contributed by atoms with Crippen LogP contribution in [0.15, 0.2) is 66.9 Å². The summed E-state index contributed by atoms with van der Waals surface area (Å²) in [6.07, 6.45) is -3.34. The minimum Gasteiger partial charge on any atom is -0.452 e. The molecule has 2 heterocycles. The van der Waals surface area contributed by atoms with Gasteiger partial charge in [-0.2, -0.15) is 13.2 Å². The highest BCUT2D eigenvalue weighted by molar-refractivity contribution is 6.34. The van der Waals surface area contributed by atoms with E-state index in [4.69, 9.17) is 32.8 Å². The number of imide groups is 1. The van der Waals surface area contributed by atoms with E-state index in [0.717, 1.165) is 30.2 Å². The summed E-state index contributed by atoms with van der Waals surface area (Å²) in [6, 6.07) is 13.0. The van der Waals surface area contributed by atoms with Gasteiger partial charge in [-0.15, -0.1) is 0 Å². The van der Waals surface area contributed by atoms with Crippen LogP contribution in [0.2, 0.25) is 10.0 Å². The molecule has 0 bridgehead atoms. The van der Waals surface area contributed by atoms with Gasteiger partial charge in [0, 0.05) is 27.4 Å². The Morgan fingerprint density at radius 1 is 1.11 bits per heavy atom. The fourth-order valence-electron chi connectivity index (χ4n) is 3.95. The highest BCUT2D eigenvalue weighted by atomic mass is 35.5. The molecule has 1 N–H and O–H groups in total. The van der Waals surface area contributed by atoms with Crippen molar-refractivity contribution >= 4 is 40.9 Å². The number of nitrogens with one attached hydrogen (secondary N) is 1. The SMILES string of the molecule is COC(=O)N(Cc1ccccn1)C(=O)c1ccc(C2=CC(c3cc(Cl)cc(Cl)c3)(C(F)(F)F)ON2)cc1C. The molecule has 0 saturated carbocycles. The van der Waals surface area contributed by atoms with E-state index in [9.17, 15) is 22.8 Å². The predicted molar refractivity (Wildman–Crippen MR) is 134 cm³/mol. The van der Waals surface area contributed by atoms with Crippen LogP contribution in [0.4, 0.5) is 18.0 Å². The summed E-state index contributed by atoms with van der Waals surface area (Å²) < 4.78 is 47.6. The lowest BCUT2D eigenvalue weighted by atomic mass is 9.91. The van der Waals surface area contributed by atoms with Gasteiger partial charge in [0.1, 0.15) is 0 Å². The normalized spacial score (nSPS) is 17.0. The van der Waals surface area contributed by atoms with Crippen LogP contribution in [0.25, 0.3) is 5.70 Å². The number of hydroxylamine groups is 1. The zero-order valence-electron chi connectivity index (χ0n) is 20.0. The second-order valence-electron chi connectivity index (χ2n) is 8.37. The molecule has 1 aromatic heterocycles. The van der Waals surface area contributed by atoms with Gasteiger partial charge < -0.3 is 4.74 Å². The lowest BCUT2D eigenvalue weighted by Gasteiger charge is -2.28. The summed E-state index contributed by atoms with van der Waals surface area (Å²) in [6.45, 7) is 1.46. The number of benzene rings is 2. The largest absolute Gasteiger partial charge is 0.452 e. The standard InChI is InChI=1S/C26H20Cl2F3N3O4/c1-15-9-16(6-7-21(15)23(35)34(24(36)37-2)14-20-5-3-4-8-32-20)22-13-25(38-33-22,26(29,30)31)17-10-18(27)12-19(28)11-17/h3-13,33H,14H2,1-2H3. The van der Waals surface area contributed by atoms with Crippen LogP contribution >= 0.6 is 23.2 Å². The number of alkyl halides is 3. The van der Waals surface area contributed by atoms with E-state index in [0.29, 0.717) is 16.8 Å². The van der Waals surface area contributed by atoms with Crippen molar-refractivity contribution < 1.29 is 32.3 Å². The van der Waals surface area contributed by atoms with E-state index >= 15 is 0 Å². The van der Waals surface area contributed by atoms with E-state index in [-0.39, 0.29) is 33.4 Å². The third-order valence-corrected chi connectivity index (χ3v) is 6.27. The van der Waals surface area contributed by atoms with Crippen LogP contribution in [0, 0.1) is 6.92 Å². The average Bonchev–Trinajstić information content (AvgIpc) is 3.34. The predicted octanol–water partition coefficient (Wildman–Crippen LogP) is 6.44. The third kappa shape index (κ3) is 5.33. The molecule has 12 heteroatoms.